The number of ether oxygens (including phenoxy) is 1. The summed E-state index contributed by atoms with van der Waals surface area (Å²) in [6, 6.07) is 14.9. The van der Waals surface area contributed by atoms with Crippen LogP contribution >= 0.6 is 0 Å². The Balaban J connectivity index is 1.51. The van der Waals surface area contributed by atoms with E-state index >= 15 is 0 Å². The van der Waals surface area contributed by atoms with E-state index in [1.807, 2.05) is 39.1 Å². The molecule has 0 fully saturated rings. The quantitative estimate of drug-likeness (QED) is 0.271. The highest BCUT2D eigenvalue weighted by molar-refractivity contribution is 5.96. The molecule has 12 heteroatoms. The number of fused-ring (bicyclic) bond motifs is 1. The molecule has 2 amide bonds. The Kier molecular flexibility index (Phi) is 7.98. The summed E-state index contributed by atoms with van der Waals surface area (Å²) in [6.45, 7) is 6.56. The molecule has 40 heavy (non-hydrogen) atoms. The molecule has 0 aliphatic heterocycles. The Morgan fingerprint density at radius 1 is 0.925 bits per heavy atom. The zero-order chi connectivity index (χ0) is 29.1. The number of carbonyl (C=O) groups excluding carboxylic acids is 2. The molecule has 0 radical (unpaired) electrons. The van der Waals surface area contributed by atoms with E-state index in [-0.39, 0.29) is 17.0 Å². The predicted octanol–water partition coefficient (Wildman–Crippen LogP) is 5.36. The number of hydrogen-bond donors (Lipinski definition) is 3. The molecule has 0 spiro atoms. The summed E-state index contributed by atoms with van der Waals surface area (Å²) in [4.78, 5) is 29.1. The van der Waals surface area contributed by atoms with E-state index in [2.05, 4.69) is 20.7 Å². The van der Waals surface area contributed by atoms with Gasteiger partial charge in [-0.05, 0) is 75.7 Å². The molecule has 0 aliphatic carbocycles. The van der Waals surface area contributed by atoms with Crippen molar-refractivity contribution in [3.05, 3.63) is 71.9 Å². The number of pyridine rings is 1. The third-order valence-electron chi connectivity index (χ3n) is 5.54. The summed E-state index contributed by atoms with van der Waals surface area (Å²) in [6.07, 6.45) is -2.73. The molecule has 0 saturated heterocycles. The molecule has 0 aliphatic rings. The minimum absolute atomic E-state index is 0.119. The molecule has 4 aromatic rings. The number of rotatable bonds is 8. The van der Waals surface area contributed by atoms with Gasteiger partial charge in [-0.3, -0.25) is 9.59 Å². The van der Waals surface area contributed by atoms with E-state index in [0.717, 1.165) is 11.1 Å². The fraction of sp³-hybridized carbons (Fsp3) is 0.286. The summed E-state index contributed by atoms with van der Waals surface area (Å²) in [5.74, 6) is -0.237. The normalized spacial score (nSPS) is 11.8. The van der Waals surface area contributed by atoms with Crippen LogP contribution in [-0.2, 0) is 0 Å². The van der Waals surface area contributed by atoms with Crippen molar-refractivity contribution in [3.63, 3.8) is 0 Å². The first-order chi connectivity index (χ1) is 18.8. The van der Waals surface area contributed by atoms with Crippen LogP contribution in [0.1, 0.15) is 48.4 Å². The second kappa shape index (κ2) is 11.2. The first-order valence-electron chi connectivity index (χ1n) is 12.5. The van der Waals surface area contributed by atoms with Crippen molar-refractivity contribution >= 4 is 29.1 Å². The minimum atomic E-state index is -4.48. The maximum absolute atomic E-state index is 12.6. The SMILES string of the molecule is CCOc1cc(C(=O)NC(C)(C)C)ccc1Nc1nc2ccc(-c3ccc(C(=O)NCC(F)(F)F)cc3)cn2n1. The lowest BCUT2D eigenvalue weighted by Crippen LogP contribution is -2.40. The van der Waals surface area contributed by atoms with Crippen LogP contribution in [0.2, 0.25) is 0 Å². The van der Waals surface area contributed by atoms with Crippen molar-refractivity contribution in [2.24, 2.45) is 0 Å². The van der Waals surface area contributed by atoms with Gasteiger partial charge in [-0.2, -0.15) is 18.2 Å². The van der Waals surface area contributed by atoms with Gasteiger partial charge in [-0.25, -0.2) is 4.52 Å². The lowest BCUT2D eigenvalue weighted by atomic mass is 10.1. The topological polar surface area (TPSA) is 110 Å². The number of halogens is 3. The zero-order valence-corrected chi connectivity index (χ0v) is 22.4. The Hall–Kier alpha value is -4.61. The molecular formula is C28H29F3N6O3. The highest BCUT2D eigenvalue weighted by Gasteiger charge is 2.28. The van der Waals surface area contributed by atoms with Gasteiger partial charge in [0.2, 0.25) is 5.95 Å². The van der Waals surface area contributed by atoms with Crippen LogP contribution in [-0.4, -0.2) is 51.3 Å². The summed E-state index contributed by atoms with van der Waals surface area (Å²) in [7, 11) is 0. The molecule has 2 aromatic carbocycles. The van der Waals surface area contributed by atoms with Gasteiger partial charge in [0, 0.05) is 28.4 Å². The maximum Gasteiger partial charge on any atom is 0.405 e. The molecule has 2 aromatic heterocycles. The molecule has 3 N–H and O–H groups in total. The average Bonchev–Trinajstić information content (AvgIpc) is 3.28. The van der Waals surface area contributed by atoms with E-state index in [0.29, 0.717) is 35.2 Å². The van der Waals surface area contributed by atoms with Gasteiger partial charge in [0.15, 0.2) is 5.65 Å². The van der Waals surface area contributed by atoms with Gasteiger partial charge >= 0.3 is 6.18 Å². The van der Waals surface area contributed by atoms with E-state index in [4.69, 9.17) is 4.74 Å². The Bertz CT molecular complexity index is 1530. The summed E-state index contributed by atoms with van der Waals surface area (Å²) < 4.78 is 44.4. The van der Waals surface area contributed by atoms with Crippen LogP contribution in [0.3, 0.4) is 0 Å². The summed E-state index contributed by atoms with van der Waals surface area (Å²) in [5, 5.41) is 12.4. The van der Waals surface area contributed by atoms with Crippen molar-refractivity contribution in [3.8, 4) is 16.9 Å². The van der Waals surface area contributed by atoms with Crippen molar-refractivity contribution in [2.45, 2.75) is 39.4 Å². The van der Waals surface area contributed by atoms with Crippen molar-refractivity contribution in [1.82, 2.24) is 25.2 Å². The highest BCUT2D eigenvalue weighted by atomic mass is 19.4. The van der Waals surface area contributed by atoms with Crippen LogP contribution in [0.5, 0.6) is 5.75 Å². The zero-order valence-electron chi connectivity index (χ0n) is 22.4. The first-order valence-corrected chi connectivity index (χ1v) is 12.5. The Morgan fingerprint density at radius 3 is 2.25 bits per heavy atom. The monoisotopic (exact) mass is 554 g/mol. The van der Waals surface area contributed by atoms with Crippen LogP contribution in [0, 0.1) is 0 Å². The lowest BCUT2D eigenvalue weighted by molar-refractivity contribution is -0.123. The van der Waals surface area contributed by atoms with Gasteiger partial charge in [0.05, 0.1) is 12.3 Å². The second-order valence-corrected chi connectivity index (χ2v) is 10.0. The van der Waals surface area contributed by atoms with Crippen LogP contribution in [0.4, 0.5) is 24.8 Å². The second-order valence-electron chi connectivity index (χ2n) is 10.0. The summed E-state index contributed by atoms with van der Waals surface area (Å²) >= 11 is 0. The number of hydrogen-bond acceptors (Lipinski definition) is 6. The van der Waals surface area contributed by atoms with Gasteiger partial charge in [0.1, 0.15) is 12.3 Å². The number of alkyl halides is 3. The van der Waals surface area contributed by atoms with Crippen LogP contribution < -0.4 is 20.7 Å². The van der Waals surface area contributed by atoms with Gasteiger partial charge in [-0.1, -0.05) is 12.1 Å². The Labute approximate surface area is 228 Å². The lowest BCUT2D eigenvalue weighted by Gasteiger charge is -2.21. The largest absolute Gasteiger partial charge is 0.492 e. The van der Waals surface area contributed by atoms with Gasteiger partial charge in [-0.15, -0.1) is 5.10 Å². The van der Waals surface area contributed by atoms with E-state index < -0.39 is 18.6 Å². The van der Waals surface area contributed by atoms with Crippen molar-refractivity contribution < 1.29 is 27.5 Å². The number of benzene rings is 2. The van der Waals surface area contributed by atoms with Crippen LogP contribution in [0.15, 0.2) is 60.8 Å². The maximum atomic E-state index is 12.6. The smallest absolute Gasteiger partial charge is 0.405 e. The highest BCUT2D eigenvalue weighted by Crippen LogP contribution is 2.29. The van der Waals surface area contributed by atoms with Crippen molar-refractivity contribution in [1.29, 1.82) is 0 Å². The average molecular weight is 555 g/mol. The summed E-state index contributed by atoms with van der Waals surface area (Å²) in [5.41, 5.74) is 2.84. The number of amides is 2. The number of anilines is 2. The first kappa shape index (κ1) is 28.4. The Morgan fingerprint density at radius 2 is 1.60 bits per heavy atom. The number of nitrogens with zero attached hydrogens (tertiary/aromatic N) is 3. The molecular weight excluding hydrogens is 525 g/mol. The number of aromatic nitrogens is 3. The van der Waals surface area contributed by atoms with E-state index in [1.165, 1.54) is 12.1 Å². The standard InChI is InChI=1S/C28H29F3N6O3/c1-5-40-22-14-19(25(39)35-27(2,3)4)10-12-21(22)33-26-34-23-13-11-20(15-37(23)36-26)17-6-8-18(9-7-17)24(38)32-16-28(29,30)31/h6-15H,5,16H2,1-4H3,(H,32,38)(H,33,36)(H,35,39). The van der Waals surface area contributed by atoms with Gasteiger partial charge < -0.3 is 20.7 Å². The minimum Gasteiger partial charge on any atom is -0.492 e. The van der Waals surface area contributed by atoms with Gasteiger partial charge in [0.25, 0.3) is 11.8 Å². The fourth-order valence-corrected chi connectivity index (χ4v) is 3.78. The molecule has 0 unspecified atom stereocenters. The molecule has 0 saturated carbocycles. The van der Waals surface area contributed by atoms with Crippen LogP contribution in [0.25, 0.3) is 16.8 Å². The molecule has 2 heterocycles. The number of carbonyl (C=O) groups is 2. The third kappa shape index (κ3) is 7.28. The fourth-order valence-electron chi connectivity index (χ4n) is 3.78. The van der Waals surface area contributed by atoms with E-state index in [9.17, 15) is 22.8 Å². The predicted molar refractivity (Wildman–Crippen MR) is 145 cm³/mol. The molecule has 0 bridgehead atoms. The molecule has 4 rings (SSSR count). The molecule has 210 valence electrons. The van der Waals surface area contributed by atoms with Crippen molar-refractivity contribution in [2.75, 3.05) is 18.5 Å². The molecule has 0 atom stereocenters. The number of nitrogens with one attached hydrogen (secondary N) is 3. The molecule has 9 nitrogen and oxygen atoms in total. The van der Waals surface area contributed by atoms with E-state index in [1.54, 1.807) is 47.1 Å². The third-order valence-corrected chi connectivity index (χ3v) is 5.54.